The van der Waals surface area contributed by atoms with Crippen molar-refractivity contribution in [3.05, 3.63) is 41.2 Å². The van der Waals surface area contributed by atoms with Crippen molar-refractivity contribution in [1.82, 2.24) is 4.72 Å². The van der Waals surface area contributed by atoms with Gasteiger partial charge in [0.05, 0.1) is 12.5 Å². The maximum Gasteiger partial charge on any atom is 0.345 e. The van der Waals surface area contributed by atoms with E-state index < -0.39 is 16.0 Å². The molecule has 2 N–H and O–H groups in total. The van der Waals surface area contributed by atoms with Crippen LogP contribution < -0.4 is 4.72 Å². The summed E-state index contributed by atoms with van der Waals surface area (Å²) in [5.41, 5.74) is 0.689. The predicted molar refractivity (Wildman–Crippen MR) is 64.0 cm³/mol. The van der Waals surface area contributed by atoms with Crippen molar-refractivity contribution in [2.24, 2.45) is 0 Å². The SMILES string of the molecule is O=C(O)c1ccc(S(=O)(=O)NCc2ccoc2)s1. The second kappa shape index (κ2) is 4.92. The summed E-state index contributed by atoms with van der Waals surface area (Å²) in [7, 11) is -3.69. The maximum absolute atomic E-state index is 11.8. The Morgan fingerprint density at radius 2 is 2.17 bits per heavy atom. The summed E-state index contributed by atoms with van der Waals surface area (Å²) in [6.07, 6.45) is 2.87. The first-order chi connectivity index (χ1) is 8.49. The fraction of sp³-hybridized carbons (Fsp3) is 0.100. The van der Waals surface area contributed by atoms with Gasteiger partial charge >= 0.3 is 5.97 Å². The molecule has 2 rings (SSSR count). The molecule has 2 heterocycles. The van der Waals surface area contributed by atoms with Gasteiger partial charge in [0.2, 0.25) is 10.0 Å². The van der Waals surface area contributed by atoms with Gasteiger partial charge in [0, 0.05) is 12.1 Å². The number of furan rings is 1. The molecule has 0 saturated heterocycles. The topological polar surface area (TPSA) is 96.6 Å². The molecule has 8 heteroatoms. The first-order valence-electron chi connectivity index (χ1n) is 4.83. The van der Waals surface area contributed by atoms with Crippen LogP contribution in [-0.4, -0.2) is 19.5 Å². The monoisotopic (exact) mass is 287 g/mol. The molecule has 0 amide bonds. The number of sulfonamides is 1. The Labute approximate surface area is 107 Å². The zero-order valence-electron chi connectivity index (χ0n) is 8.99. The first-order valence-corrected chi connectivity index (χ1v) is 7.13. The van der Waals surface area contributed by atoms with Crippen LogP contribution in [0.3, 0.4) is 0 Å². The summed E-state index contributed by atoms with van der Waals surface area (Å²) in [4.78, 5) is 10.7. The molecular formula is C10H9NO5S2. The lowest BCUT2D eigenvalue weighted by Gasteiger charge is -2.02. The molecule has 0 radical (unpaired) electrons. The second-order valence-corrected chi connectivity index (χ2v) is 6.46. The number of carboxylic acid groups (broad SMARTS) is 1. The molecule has 0 spiro atoms. The zero-order valence-corrected chi connectivity index (χ0v) is 10.6. The Balaban J connectivity index is 2.12. The van der Waals surface area contributed by atoms with E-state index in [1.807, 2.05) is 0 Å². The third kappa shape index (κ3) is 2.78. The third-order valence-corrected chi connectivity index (χ3v) is 5.07. The second-order valence-electron chi connectivity index (χ2n) is 3.38. The van der Waals surface area contributed by atoms with E-state index in [4.69, 9.17) is 9.52 Å². The van der Waals surface area contributed by atoms with Crippen molar-refractivity contribution in [3.8, 4) is 0 Å². The number of thiophene rings is 1. The molecule has 0 aromatic carbocycles. The molecule has 2 aromatic heterocycles. The maximum atomic E-state index is 11.8. The van der Waals surface area contributed by atoms with Crippen LogP contribution in [0.2, 0.25) is 0 Å². The molecule has 0 atom stereocenters. The average molecular weight is 287 g/mol. The van der Waals surface area contributed by atoms with E-state index >= 15 is 0 Å². The van der Waals surface area contributed by atoms with Gasteiger partial charge in [0.1, 0.15) is 9.09 Å². The number of carbonyl (C=O) groups is 1. The Morgan fingerprint density at radius 3 is 2.72 bits per heavy atom. The number of hydrogen-bond acceptors (Lipinski definition) is 5. The first kappa shape index (κ1) is 12.8. The molecule has 96 valence electrons. The quantitative estimate of drug-likeness (QED) is 0.869. The fourth-order valence-corrected chi connectivity index (χ4v) is 3.43. The van der Waals surface area contributed by atoms with Gasteiger partial charge in [-0.3, -0.25) is 0 Å². The van der Waals surface area contributed by atoms with Crippen LogP contribution in [0, 0.1) is 0 Å². The van der Waals surface area contributed by atoms with Gasteiger partial charge in [-0.1, -0.05) is 0 Å². The van der Waals surface area contributed by atoms with Crippen LogP contribution in [0.15, 0.2) is 39.4 Å². The van der Waals surface area contributed by atoms with Crippen molar-refractivity contribution in [3.63, 3.8) is 0 Å². The molecular weight excluding hydrogens is 278 g/mol. The smallest absolute Gasteiger partial charge is 0.345 e. The summed E-state index contributed by atoms with van der Waals surface area (Å²) in [5.74, 6) is -1.14. The molecule has 0 aliphatic rings. The van der Waals surface area contributed by atoms with Crippen molar-refractivity contribution in [2.75, 3.05) is 0 Å². The molecule has 0 aliphatic carbocycles. The summed E-state index contributed by atoms with van der Waals surface area (Å²) in [5, 5.41) is 8.73. The third-order valence-electron chi connectivity index (χ3n) is 2.10. The summed E-state index contributed by atoms with van der Waals surface area (Å²) in [6, 6.07) is 4.17. The number of carboxylic acids is 1. The van der Waals surface area contributed by atoms with E-state index in [0.717, 1.165) is 0 Å². The van der Waals surface area contributed by atoms with E-state index in [9.17, 15) is 13.2 Å². The van der Waals surface area contributed by atoms with Crippen molar-refractivity contribution in [2.45, 2.75) is 10.8 Å². The van der Waals surface area contributed by atoms with Gasteiger partial charge in [-0.15, -0.1) is 11.3 Å². The van der Waals surface area contributed by atoms with Gasteiger partial charge in [0.15, 0.2) is 0 Å². The van der Waals surface area contributed by atoms with E-state index in [-0.39, 0.29) is 15.6 Å². The molecule has 0 aliphatic heterocycles. The summed E-state index contributed by atoms with van der Waals surface area (Å²) >= 11 is 0.712. The van der Waals surface area contributed by atoms with Gasteiger partial charge in [-0.25, -0.2) is 17.9 Å². The highest BCUT2D eigenvalue weighted by atomic mass is 32.2. The van der Waals surface area contributed by atoms with Gasteiger partial charge in [-0.05, 0) is 18.2 Å². The van der Waals surface area contributed by atoms with Crippen molar-refractivity contribution >= 4 is 27.3 Å². The highest BCUT2D eigenvalue weighted by Gasteiger charge is 2.18. The van der Waals surface area contributed by atoms with Crippen LogP contribution in [0.5, 0.6) is 0 Å². The minimum absolute atomic E-state index is 0.0151. The Hall–Kier alpha value is -1.64. The zero-order chi connectivity index (χ0) is 13.2. The number of hydrogen-bond donors (Lipinski definition) is 2. The van der Waals surface area contributed by atoms with E-state index in [1.54, 1.807) is 6.07 Å². The number of aromatic carboxylic acids is 1. The molecule has 0 fully saturated rings. The van der Waals surface area contributed by atoms with E-state index in [0.29, 0.717) is 16.9 Å². The molecule has 18 heavy (non-hydrogen) atoms. The van der Waals surface area contributed by atoms with E-state index in [1.165, 1.54) is 24.7 Å². The Bertz CT molecular complexity index is 642. The van der Waals surface area contributed by atoms with Gasteiger partial charge in [-0.2, -0.15) is 0 Å². The van der Waals surface area contributed by atoms with Crippen LogP contribution in [0.4, 0.5) is 0 Å². The highest BCUT2D eigenvalue weighted by Crippen LogP contribution is 2.21. The van der Waals surface area contributed by atoms with Crippen molar-refractivity contribution in [1.29, 1.82) is 0 Å². The number of nitrogens with one attached hydrogen (secondary N) is 1. The normalized spacial score (nSPS) is 11.6. The van der Waals surface area contributed by atoms with Crippen LogP contribution in [-0.2, 0) is 16.6 Å². The van der Waals surface area contributed by atoms with Gasteiger partial charge in [0.25, 0.3) is 0 Å². The molecule has 6 nitrogen and oxygen atoms in total. The Morgan fingerprint density at radius 1 is 1.39 bits per heavy atom. The molecule has 0 saturated carbocycles. The summed E-state index contributed by atoms with van der Waals surface area (Å²) < 4.78 is 30.8. The highest BCUT2D eigenvalue weighted by molar-refractivity contribution is 7.91. The lowest BCUT2D eigenvalue weighted by molar-refractivity contribution is 0.0702. The van der Waals surface area contributed by atoms with Crippen LogP contribution in [0.25, 0.3) is 0 Å². The van der Waals surface area contributed by atoms with Crippen molar-refractivity contribution < 1.29 is 22.7 Å². The predicted octanol–water partition coefficient (Wildman–Crippen LogP) is 1.52. The van der Waals surface area contributed by atoms with Gasteiger partial charge < -0.3 is 9.52 Å². The minimum Gasteiger partial charge on any atom is -0.477 e. The van der Waals surface area contributed by atoms with Crippen LogP contribution >= 0.6 is 11.3 Å². The fourth-order valence-electron chi connectivity index (χ4n) is 1.22. The summed E-state index contributed by atoms with van der Waals surface area (Å²) in [6.45, 7) is 0.0964. The lowest BCUT2D eigenvalue weighted by Crippen LogP contribution is -2.22. The standard InChI is InChI=1S/C10H9NO5S2/c12-10(13)8-1-2-9(17-8)18(14,15)11-5-7-3-4-16-6-7/h1-4,6,11H,5H2,(H,12,13). The number of rotatable bonds is 5. The average Bonchev–Trinajstić information content (AvgIpc) is 2.98. The Kier molecular flexibility index (Phi) is 3.50. The molecule has 0 unspecified atom stereocenters. The largest absolute Gasteiger partial charge is 0.477 e. The lowest BCUT2D eigenvalue weighted by atomic mass is 10.4. The molecule has 0 bridgehead atoms. The molecule has 2 aromatic rings. The van der Waals surface area contributed by atoms with Crippen LogP contribution in [0.1, 0.15) is 15.2 Å². The minimum atomic E-state index is -3.69. The van der Waals surface area contributed by atoms with E-state index in [2.05, 4.69) is 4.72 Å².